The molecule has 162 valence electrons. The number of ether oxygens (including phenoxy) is 2. The van der Waals surface area contributed by atoms with E-state index < -0.39 is 11.7 Å². The van der Waals surface area contributed by atoms with Crippen LogP contribution in [-0.2, 0) is 4.74 Å². The second kappa shape index (κ2) is 8.64. The number of halogens is 1. The van der Waals surface area contributed by atoms with E-state index in [1.165, 1.54) is 14.2 Å². The van der Waals surface area contributed by atoms with E-state index in [-0.39, 0.29) is 11.3 Å². The number of carbonyl (C=O) groups excluding carboxylic acids is 1. The lowest BCUT2D eigenvalue weighted by atomic mass is 9.99. The molecule has 0 fully saturated rings. The van der Waals surface area contributed by atoms with Crippen molar-refractivity contribution in [3.05, 3.63) is 76.0 Å². The van der Waals surface area contributed by atoms with E-state index in [0.29, 0.717) is 38.5 Å². The van der Waals surface area contributed by atoms with Crippen molar-refractivity contribution in [1.29, 1.82) is 0 Å². The molecule has 0 spiro atoms. The number of pyridine rings is 1. The average Bonchev–Trinajstić information content (AvgIpc) is 2.79. The quantitative estimate of drug-likeness (QED) is 0.386. The molecule has 8 heteroatoms. The Hall–Kier alpha value is -3.97. The molecule has 3 N–H and O–H groups in total. The number of H-pyrrole nitrogens is 1. The highest BCUT2D eigenvalue weighted by atomic mass is 35.5. The van der Waals surface area contributed by atoms with Gasteiger partial charge in [0.05, 0.1) is 30.3 Å². The summed E-state index contributed by atoms with van der Waals surface area (Å²) in [6.45, 7) is 0. The predicted octanol–water partition coefficient (Wildman–Crippen LogP) is 5.41. The Morgan fingerprint density at radius 2 is 1.78 bits per heavy atom. The van der Waals surface area contributed by atoms with Gasteiger partial charge in [-0.15, -0.1) is 0 Å². The first-order valence-electron chi connectivity index (χ1n) is 9.59. The van der Waals surface area contributed by atoms with Gasteiger partial charge in [0.15, 0.2) is 0 Å². The molecule has 1 aromatic heterocycles. The fraction of sp³-hybridized carbons (Fsp3) is 0.0833. The molecule has 4 rings (SSSR count). The largest absolute Gasteiger partial charge is 0.506 e. The fourth-order valence-electron chi connectivity index (χ4n) is 3.47. The van der Waals surface area contributed by atoms with Crippen LogP contribution in [-0.4, -0.2) is 30.4 Å². The van der Waals surface area contributed by atoms with Crippen LogP contribution in [0, 0.1) is 0 Å². The molecule has 0 radical (unpaired) electrons. The number of hydrogen-bond acceptors (Lipinski definition) is 5. The Morgan fingerprint density at radius 3 is 2.47 bits per heavy atom. The number of carbonyl (C=O) groups is 1. The van der Waals surface area contributed by atoms with Gasteiger partial charge >= 0.3 is 6.09 Å². The topological polar surface area (TPSA) is 101 Å². The summed E-state index contributed by atoms with van der Waals surface area (Å²) in [5.74, 6) is 0.415. The third-order valence-electron chi connectivity index (χ3n) is 5.06. The molecule has 0 atom stereocenters. The van der Waals surface area contributed by atoms with Gasteiger partial charge in [-0.2, -0.15) is 0 Å². The molecule has 7 nitrogen and oxygen atoms in total. The van der Waals surface area contributed by atoms with Crippen LogP contribution >= 0.6 is 11.6 Å². The highest BCUT2D eigenvalue weighted by Crippen LogP contribution is 2.38. The van der Waals surface area contributed by atoms with Crippen molar-refractivity contribution in [2.75, 3.05) is 19.5 Å². The highest BCUT2D eigenvalue weighted by molar-refractivity contribution is 6.34. The van der Waals surface area contributed by atoms with E-state index in [1.807, 2.05) is 0 Å². The Balaban J connectivity index is 1.83. The molecule has 1 heterocycles. The first kappa shape index (κ1) is 21.3. The molecule has 0 aliphatic carbocycles. The monoisotopic (exact) mass is 450 g/mol. The molecular weight excluding hydrogens is 432 g/mol. The minimum Gasteiger partial charge on any atom is -0.506 e. The molecule has 0 bridgehead atoms. The van der Waals surface area contributed by atoms with Gasteiger partial charge in [0, 0.05) is 16.6 Å². The predicted molar refractivity (Wildman–Crippen MR) is 125 cm³/mol. The fourth-order valence-corrected chi connectivity index (χ4v) is 3.74. The summed E-state index contributed by atoms with van der Waals surface area (Å²) >= 11 is 6.48. The molecular formula is C24H19ClN2O5. The first-order chi connectivity index (χ1) is 15.4. The molecule has 32 heavy (non-hydrogen) atoms. The highest BCUT2D eigenvalue weighted by Gasteiger charge is 2.17. The number of hydrogen-bond donors (Lipinski definition) is 3. The number of aromatic hydroxyl groups is 1. The number of aromatic nitrogens is 1. The van der Waals surface area contributed by atoms with Crippen molar-refractivity contribution in [3.8, 4) is 33.8 Å². The number of nitrogens with one attached hydrogen (secondary N) is 2. The number of aromatic amines is 1. The maximum absolute atomic E-state index is 12.7. The van der Waals surface area contributed by atoms with Crippen LogP contribution < -0.4 is 15.6 Å². The summed E-state index contributed by atoms with van der Waals surface area (Å²) < 4.78 is 9.82. The SMILES string of the molecule is COC(=O)Nc1ccc(-c2cc3c(O)c(-c4cccc(OC)c4)c(=O)[nH]c3cc2Cl)cc1. The number of rotatable bonds is 4. The second-order valence-electron chi connectivity index (χ2n) is 6.98. The Morgan fingerprint density at radius 1 is 1.03 bits per heavy atom. The standard InChI is InChI=1S/C24H19ClN2O5/c1-31-16-5-3-4-14(10-16)21-22(28)18-11-17(19(25)12-20(18)27-23(21)29)13-6-8-15(9-7-13)26-24(30)32-2/h3-12H,1-2H3,(H,26,30)(H2,27,28,29). The third kappa shape index (κ3) is 3.98. The van der Waals surface area contributed by atoms with E-state index in [2.05, 4.69) is 15.0 Å². The number of methoxy groups -OCH3 is 2. The normalized spacial score (nSPS) is 10.7. The van der Waals surface area contributed by atoms with Crippen molar-refractivity contribution in [1.82, 2.24) is 4.98 Å². The molecule has 0 saturated heterocycles. The molecule has 0 unspecified atom stereocenters. The van der Waals surface area contributed by atoms with Crippen LogP contribution in [0.3, 0.4) is 0 Å². The third-order valence-corrected chi connectivity index (χ3v) is 5.37. The molecule has 1 amide bonds. The second-order valence-corrected chi connectivity index (χ2v) is 7.39. The molecule has 0 saturated carbocycles. The van der Waals surface area contributed by atoms with E-state index in [4.69, 9.17) is 16.3 Å². The van der Waals surface area contributed by atoms with Gasteiger partial charge in [-0.25, -0.2) is 4.79 Å². The van der Waals surface area contributed by atoms with Crippen molar-refractivity contribution in [2.24, 2.45) is 0 Å². The summed E-state index contributed by atoms with van der Waals surface area (Å²) in [5.41, 5.74) is 2.62. The van der Waals surface area contributed by atoms with Crippen molar-refractivity contribution >= 4 is 34.3 Å². The van der Waals surface area contributed by atoms with Gasteiger partial charge in [-0.05, 0) is 47.5 Å². The minimum absolute atomic E-state index is 0.141. The Kier molecular flexibility index (Phi) is 5.75. The van der Waals surface area contributed by atoms with E-state index in [9.17, 15) is 14.7 Å². The lowest BCUT2D eigenvalue weighted by Gasteiger charge is -2.12. The van der Waals surface area contributed by atoms with Gasteiger partial charge in [-0.3, -0.25) is 10.1 Å². The van der Waals surface area contributed by atoms with Crippen molar-refractivity contribution in [3.63, 3.8) is 0 Å². The number of benzene rings is 3. The average molecular weight is 451 g/mol. The number of fused-ring (bicyclic) bond motifs is 1. The van der Waals surface area contributed by atoms with Gasteiger partial charge in [0.25, 0.3) is 5.56 Å². The number of amides is 1. The smallest absolute Gasteiger partial charge is 0.411 e. The van der Waals surface area contributed by atoms with Gasteiger partial charge in [0.2, 0.25) is 0 Å². The zero-order chi connectivity index (χ0) is 22.8. The minimum atomic E-state index is -0.569. The summed E-state index contributed by atoms with van der Waals surface area (Å²) in [6.07, 6.45) is -0.569. The van der Waals surface area contributed by atoms with E-state index in [1.54, 1.807) is 60.7 Å². The maximum Gasteiger partial charge on any atom is 0.411 e. The van der Waals surface area contributed by atoms with Gasteiger partial charge < -0.3 is 19.6 Å². The summed E-state index contributed by atoms with van der Waals surface area (Å²) in [6, 6.07) is 17.2. The maximum atomic E-state index is 12.7. The Bertz CT molecular complexity index is 1380. The van der Waals surface area contributed by atoms with Gasteiger partial charge in [0.1, 0.15) is 11.5 Å². The lowest BCUT2D eigenvalue weighted by Crippen LogP contribution is -2.10. The van der Waals surface area contributed by atoms with Crippen LogP contribution in [0.5, 0.6) is 11.5 Å². The number of anilines is 1. The van der Waals surface area contributed by atoms with Gasteiger partial charge in [-0.1, -0.05) is 35.9 Å². The first-order valence-corrected chi connectivity index (χ1v) is 9.97. The van der Waals surface area contributed by atoms with Crippen molar-refractivity contribution < 1.29 is 19.4 Å². The molecule has 3 aromatic carbocycles. The van der Waals surface area contributed by atoms with Crippen LogP contribution in [0.25, 0.3) is 33.2 Å². The van der Waals surface area contributed by atoms with Crippen LogP contribution in [0.4, 0.5) is 10.5 Å². The zero-order valence-corrected chi connectivity index (χ0v) is 18.0. The summed E-state index contributed by atoms with van der Waals surface area (Å²) in [7, 11) is 2.82. The summed E-state index contributed by atoms with van der Waals surface area (Å²) in [4.78, 5) is 26.9. The molecule has 0 aliphatic rings. The van der Waals surface area contributed by atoms with E-state index >= 15 is 0 Å². The summed E-state index contributed by atoms with van der Waals surface area (Å²) in [5, 5.41) is 14.4. The molecule has 4 aromatic rings. The molecule has 0 aliphatic heterocycles. The lowest BCUT2D eigenvalue weighted by molar-refractivity contribution is 0.187. The van der Waals surface area contributed by atoms with Crippen LogP contribution in [0.1, 0.15) is 0 Å². The zero-order valence-electron chi connectivity index (χ0n) is 17.2. The van der Waals surface area contributed by atoms with E-state index in [0.717, 1.165) is 5.56 Å². The van der Waals surface area contributed by atoms with Crippen LogP contribution in [0.2, 0.25) is 5.02 Å². The Labute approximate surface area is 188 Å². The van der Waals surface area contributed by atoms with Crippen molar-refractivity contribution in [2.45, 2.75) is 0 Å². The van der Waals surface area contributed by atoms with Crippen LogP contribution in [0.15, 0.2) is 65.5 Å².